The molecule has 5 nitrogen and oxygen atoms in total. The molecule has 3 N–H and O–H groups in total. The molecule has 0 aromatic rings. The van der Waals surface area contributed by atoms with Crippen molar-refractivity contribution in [3.05, 3.63) is 0 Å². The molecule has 0 aromatic heterocycles. The Morgan fingerprint density at radius 1 is 1.38 bits per heavy atom. The number of rotatable bonds is 5. The second kappa shape index (κ2) is 11.9. The second-order valence-corrected chi connectivity index (χ2v) is 3.10. The summed E-state index contributed by atoms with van der Waals surface area (Å²) in [5, 5.41) is 16.6. The number of aliphatic hydroxyl groups is 2. The molecule has 2 atom stereocenters. The van der Waals surface area contributed by atoms with Crippen molar-refractivity contribution in [2.75, 3.05) is 13.2 Å². The van der Waals surface area contributed by atoms with Crippen LogP contribution in [0.15, 0.2) is 0 Å². The molecule has 0 spiro atoms. The lowest BCUT2D eigenvalue weighted by atomic mass is 10.4. The number of unbranched alkanes of at least 4 members (excludes halogenated alkanes) is 1. The van der Waals surface area contributed by atoms with Gasteiger partial charge in [-0.15, -0.1) is 9.42 Å². The molecule has 2 unspecified atom stereocenters. The van der Waals surface area contributed by atoms with E-state index in [1.54, 1.807) is 0 Å². The average Bonchev–Trinajstić information content (AvgIpc) is 2.14. The lowest BCUT2D eigenvalue weighted by molar-refractivity contribution is 0.0525. The summed E-state index contributed by atoms with van der Waals surface area (Å²) in [7, 11) is -2.66. The van der Waals surface area contributed by atoms with Crippen LogP contribution in [0.5, 0.6) is 0 Å². The van der Waals surface area contributed by atoms with Crippen LogP contribution in [0.25, 0.3) is 0 Å². The zero-order chi connectivity index (χ0) is 10.7. The summed E-state index contributed by atoms with van der Waals surface area (Å²) in [4.78, 5) is 7.99. The molecule has 0 aliphatic rings. The van der Waals surface area contributed by atoms with Crippen molar-refractivity contribution in [3.8, 4) is 0 Å². The summed E-state index contributed by atoms with van der Waals surface area (Å²) in [6.45, 7) is 3.57. The third-order valence-corrected chi connectivity index (χ3v) is 1.46. The normalized spacial score (nSPS) is 12.8. The molecule has 0 aromatic carbocycles. The fraction of sp³-hybridized carbons (Fsp3) is 1.00. The number of hydrogen-bond acceptors (Lipinski definition) is 4. The highest BCUT2D eigenvalue weighted by Crippen LogP contribution is 2.13. The lowest BCUT2D eigenvalue weighted by Gasteiger charge is -1.97. The molecule has 13 heavy (non-hydrogen) atoms. The summed E-state index contributed by atoms with van der Waals surface area (Å²) in [6, 6.07) is 0. The first-order valence-electron chi connectivity index (χ1n) is 4.16. The van der Waals surface area contributed by atoms with E-state index in [9.17, 15) is 4.57 Å². The molecule has 0 fully saturated rings. The van der Waals surface area contributed by atoms with E-state index in [0.717, 1.165) is 0 Å². The molecular weight excluding hydrogens is 195 g/mol. The molecule has 0 heterocycles. The predicted molar refractivity (Wildman–Crippen MR) is 49.5 cm³/mol. The van der Waals surface area contributed by atoms with Crippen molar-refractivity contribution >= 4 is 8.25 Å². The van der Waals surface area contributed by atoms with Crippen LogP contribution in [0.2, 0.25) is 0 Å². The first-order valence-corrected chi connectivity index (χ1v) is 5.29. The predicted octanol–water partition coefficient (Wildman–Crippen LogP) is 0.812. The van der Waals surface area contributed by atoms with Crippen molar-refractivity contribution < 1.29 is 24.2 Å². The van der Waals surface area contributed by atoms with Crippen LogP contribution in [0.1, 0.15) is 26.7 Å². The largest absolute Gasteiger partial charge is 0.694 e. The zero-order valence-corrected chi connectivity index (χ0v) is 8.91. The van der Waals surface area contributed by atoms with Crippen LogP contribution in [0.4, 0.5) is 0 Å². The molecule has 0 amide bonds. The number of hydrogen-bond donors (Lipinski definition) is 3. The fourth-order valence-electron chi connectivity index (χ4n) is 0.203. The maximum absolute atomic E-state index is 9.75. The van der Waals surface area contributed by atoms with Crippen LogP contribution in [0, 0.1) is 0 Å². The van der Waals surface area contributed by atoms with Crippen molar-refractivity contribution in [1.82, 2.24) is 0 Å². The molecule has 6 heteroatoms. The van der Waals surface area contributed by atoms with Gasteiger partial charge in [0.05, 0.1) is 6.61 Å². The summed E-state index contributed by atoms with van der Waals surface area (Å²) >= 11 is 0. The van der Waals surface area contributed by atoms with Gasteiger partial charge in [-0.25, -0.2) is 0 Å². The van der Waals surface area contributed by atoms with E-state index < -0.39 is 21.0 Å². The van der Waals surface area contributed by atoms with Crippen LogP contribution >= 0.6 is 8.25 Å². The molecule has 80 valence electrons. The minimum absolute atomic E-state index is 0.317. The maximum atomic E-state index is 9.75. The fourth-order valence-corrected chi connectivity index (χ4v) is 0.502. The Kier molecular flexibility index (Phi) is 14.2. The van der Waals surface area contributed by atoms with Gasteiger partial charge in [-0.3, -0.25) is 0 Å². The van der Waals surface area contributed by atoms with Crippen LogP contribution in [0.3, 0.4) is 0 Å². The highest BCUT2D eigenvalue weighted by molar-refractivity contribution is 7.32. The van der Waals surface area contributed by atoms with Gasteiger partial charge >= 0.3 is 8.25 Å². The Morgan fingerprint density at radius 3 is 2.08 bits per heavy atom. The van der Waals surface area contributed by atoms with E-state index in [0.29, 0.717) is 0 Å². The van der Waals surface area contributed by atoms with Crippen LogP contribution < -0.4 is 0 Å². The minimum Gasteiger partial charge on any atom is -0.394 e. The van der Waals surface area contributed by atoms with Crippen molar-refractivity contribution in [2.45, 2.75) is 32.8 Å². The summed E-state index contributed by atoms with van der Waals surface area (Å²) < 4.78 is 13.8. The zero-order valence-electron chi connectivity index (χ0n) is 8.01. The van der Waals surface area contributed by atoms with E-state index in [2.05, 4.69) is 18.4 Å². The van der Waals surface area contributed by atoms with Crippen molar-refractivity contribution in [3.63, 3.8) is 0 Å². The highest BCUT2D eigenvalue weighted by atomic mass is 31.1. The van der Waals surface area contributed by atoms with E-state index in [1.807, 2.05) is 0 Å². The Bertz CT molecular complexity index is 117. The van der Waals surface area contributed by atoms with Gasteiger partial charge in [-0.05, 0) is 0 Å². The van der Waals surface area contributed by atoms with E-state index in [-0.39, 0.29) is 6.61 Å². The lowest BCUT2D eigenvalue weighted by Crippen LogP contribution is -2.17. The van der Waals surface area contributed by atoms with Gasteiger partial charge in [-0.1, -0.05) is 26.7 Å². The van der Waals surface area contributed by atoms with Crippen LogP contribution in [-0.2, 0) is 9.09 Å². The van der Waals surface area contributed by atoms with Gasteiger partial charge in [0.15, 0.2) is 0 Å². The summed E-state index contributed by atoms with van der Waals surface area (Å²) in [5.74, 6) is 0. The van der Waals surface area contributed by atoms with Gasteiger partial charge in [0.1, 0.15) is 12.7 Å². The van der Waals surface area contributed by atoms with Gasteiger partial charge < -0.3 is 10.2 Å². The molecule has 0 rings (SSSR count). The van der Waals surface area contributed by atoms with E-state index >= 15 is 0 Å². The molecule has 0 bridgehead atoms. The topological polar surface area (TPSA) is 87.0 Å². The smallest absolute Gasteiger partial charge is 0.394 e. The molecule has 0 saturated carbocycles. The van der Waals surface area contributed by atoms with Crippen molar-refractivity contribution in [1.29, 1.82) is 0 Å². The van der Waals surface area contributed by atoms with E-state index in [1.165, 1.54) is 12.8 Å². The third kappa shape index (κ3) is 18.7. The molecule has 0 aliphatic heterocycles. The van der Waals surface area contributed by atoms with Gasteiger partial charge in [0, 0.05) is 4.57 Å². The first kappa shape index (κ1) is 15.4. The van der Waals surface area contributed by atoms with Gasteiger partial charge in [-0.2, -0.15) is 0 Å². The molecular formula is C7H18O5P+. The van der Waals surface area contributed by atoms with Crippen LogP contribution in [-0.4, -0.2) is 34.4 Å². The Labute approximate surface area is 79.3 Å². The summed E-state index contributed by atoms with van der Waals surface area (Å²) in [6.07, 6.45) is 1.57. The Morgan fingerprint density at radius 2 is 1.85 bits per heavy atom. The highest BCUT2D eigenvalue weighted by Gasteiger charge is 2.14. The second-order valence-electron chi connectivity index (χ2n) is 2.37. The average molecular weight is 213 g/mol. The SMILES string of the molecule is CCCC.O=[P+](O)OCC(O)CO. The standard InChI is InChI=1S/C4H10.C3H7O5P/c1-3-4-2;4-1-3(5)2-8-9(6)7/h3-4H2,1-2H3;3-5H,1-2H2/p+1. The quantitative estimate of drug-likeness (QED) is 0.588. The Hall–Kier alpha value is -0.0600. The van der Waals surface area contributed by atoms with E-state index in [4.69, 9.17) is 15.1 Å². The van der Waals surface area contributed by atoms with Gasteiger partial charge in [0.25, 0.3) is 0 Å². The molecule has 0 radical (unpaired) electrons. The Balaban J connectivity index is 0. The van der Waals surface area contributed by atoms with Crippen molar-refractivity contribution in [2.24, 2.45) is 0 Å². The first-order chi connectivity index (χ1) is 6.08. The minimum atomic E-state index is -2.66. The number of aliphatic hydroxyl groups excluding tert-OH is 2. The van der Waals surface area contributed by atoms with Gasteiger partial charge in [0.2, 0.25) is 0 Å². The molecule has 0 aliphatic carbocycles. The summed E-state index contributed by atoms with van der Waals surface area (Å²) in [5.41, 5.74) is 0. The third-order valence-electron chi connectivity index (χ3n) is 1.09. The monoisotopic (exact) mass is 213 g/mol. The molecule has 0 saturated heterocycles. The maximum Gasteiger partial charge on any atom is 0.694 e.